The van der Waals surface area contributed by atoms with Crippen molar-refractivity contribution in [1.29, 1.82) is 0 Å². The second kappa shape index (κ2) is 12.8. The third-order valence-corrected chi connectivity index (χ3v) is 8.54. The topological polar surface area (TPSA) is 114 Å². The Morgan fingerprint density at radius 2 is 1.63 bits per heavy atom. The summed E-state index contributed by atoms with van der Waals surface area (Å²) in [5.74, 6) is 0.125. The van der Waals surface area contributed by atoms with Gasteiger partial charge in [0.25, 0.3) is 5.56 Å². The molecular weight excluding hydrogens is 606 g/mol. The van der Waals surface area contributed by atoms with E-state index >= 15 is 0 Å². The molecule has 0 saturated carbocycles. The minimum Gasteiger partial charge on any atom is -0.340 e. The Bertz CT molecular complexity index is 2080. The van der Waals surface area contributed by atoms with Crippen molar-refractivity contribution in [3.8, 4) is 0 Å². The lowest BCUT2D eigenvalue weighted by Gasteiger charge is -2.35. The molecule has 1 amide bonds. The molecule has 236 valence electrons. The lowest BCUT2D eigenvalue weighted by Crippen LogP contribution is -2.49. The van der Waals surface area contributed by atoms with Gasteiger partial charge in [0.05, 0.1) is 18.8 Å². The first-order valence-electron chi connectivity index (χ1n) is 15.0. The van der Waals surface area contributed by atoms with Crippen LogP contribution >= 0.6 is 11.6 Å². The smallest absolute Gasteiger partial charge is 0.332 e. The second-order valence-corrected chi connectivity index (χ2v) is 12.0. The number of halogens is 1. The minimum absolute atomic E-state index is 0.129. The van der Waals surface area contributed by atoms with Gasteiger partial charge in [0.2, 0.25) is 11.9 Å². The highest BCUT2D eigenvalue weighted by Crippen LogP contribution is 2.25. The number of nitrogens with one attached hydrogen (secondary N) is 1. The number of imidazole rings is 1. The summed E-state index contributed by atoms with van der Waals surface area (Å²) in [5, 5.41) is 3.30. The number of nitrogens with zero attached hydrogens (tertiary/aromatic N) is 6. The molecule has 0 atom stereocenters. The van der Waals surface area contributed by atoms with Crippen molar-refractivity contribution in [2.24, 2.45) is 14.1 Å². The van der Waals surface area contributed by atoms with E-state index in [9.17, 15) is 19.2 Å². The predicted octanol–water partition coefficient (Wildman–Crippen LogP) is 3.44. The fraction of sp³-hybridized carbons (Fsp3) is 0.265. The molecule has 1 saturated heterocycles. The van der Waals surface area contributed by atoms with Crippen LogP contribution < -0.4 is 21.5 Å². The molecule has 0 unspecified atom stereocenters. The third kappa shape index (κ3) is 6.11. The third-order valence-electron chi connectivity index (χ3n) is 8.31. The maximum Gasteiger partial charge on any atom is 0.332 e. The number of ketones is 1. The second-order valence-electron chi connectivity index (χ2n) is 11.6. The van der Waals surface area contributed by atoms with Gasteiger partial charge in [0, 0.05) is 56.4 Å². The van der Waals surface area contributed by atoms with E-state index in [1.165, 1.54) is 11.6 Å². The number of rotatable bonds is 8. The molecule has 1 fully saturated rings. The fourth-order valence-electron chi connectivity index (χ4n) is 5.88. The first-order valence-corrected chi connectivity index (χ1v) is 15.4. The predicted molar refractivity (Wildman–Crippen MR) is 179 cm³/mol. The summed E-state index contributed by atoms with van der Waals surface area (Å²) in [5.41, 5.74) is 3.21. The average molecular weight is 640 g/mol. The van der Waals surface area contributed by atoms with E-state index in [4.69, 9.17) is 16.6 Å². The van der Waals surface area contributed by atoms with Crippen molar-refractivity contribution in [2.45, 2.75) is 13.5 Å². The molecule has 3 heterocycles. The van der Waals surface area contributed by atoms with E-state index in [0.717, 1.165) is 15.7 Å². The highest BCUT2D eigenvalue weighted by atomic mass is 35.5. The number of carbonyl (C=O) groups excluding carboxylic acids is 2. The Morgan fingerprint density at radius 1 is 0.891 bits per heavy atom. The Kier molecular flexibility index (Phi) is 8.61. The number of piperazine rings is 1. The molecule has 1 aliphatic rings. The minimum atomic E-state index is -0.436. The molecule has 46 heavy (non-hydrogen) atoms. The van der Waals surface area contributed by atoms with Crippen molar-refractivity contribution in [3.63, 3.8) is 0 Å². The molecule has 6 rings (SSSR count). The van der Waals surface area contributed by atoms with Crippen LogP contribution in [-0.4, -0.2) is 68.0 Å². The number of amides is 1. The van der Waals surface area contributed by atoms with E-state index in [-0.39, 0.29) is 18.2 Å². The van der Waals surface area contributed by atoms with Gasteiger partial charge in [-0.15, -0.1) is 0 Å². The number of hydrogen-bond donors (Lipinski definition) is 1. The van der Waals surface area contributed by atoms with Gasteiger partial charge in [-0.3, -0.25) is 33.0 Å². The molecule has 0 radical (unpaired) electrons. The Morgan fingerprint density at radius 3 is 2.35 bits per heavy atom. The monoisotopic (exact) mass is 639 g/mol. The summed E-state index contributed by atoms with van der Waals surface area (Å²) in [6.07, 6.45) is 0. The molecule has 2 aromatic heterocycles. The largest absolute Gasteiger partial charge is 0.340 e. The SMILES string of the molecule is Cc1cccc(Cn2c(N3CCN(CC(=O)Nc4ccc(Cl)cc4C(=O)c4ccccc4)CC3)nc3c2c(=O)n(C)c(=O)n3C)c1. The summed E-state index contributed by atoms with van der Waals surface area (Å²) in [6, 6.07) is 21.8. The van der Waals surface area contributed by atoms with Crippen LogP contribution in [0.4, 0.5) is 11.6 Å². The summed E-state index contributed by atoms with van der Waals surface area (Å²) >= 11 is 6.21. The number of hydrogen-bond acceptors (Lipinski definition) is 7. The van der Waals surface area contributed by atoms with Crippen molar-refractivity contribution >= 4 is 46.1 Å². The summed E-state index contributed by atoms with van der Waals surface area (Å²) in [6.45, 7) is 4.79. The van der Waals surface area contributed by atoms with Crippen LogP contribution in [-0.2, 0) is 25.4 Å². The van der Waals surface area contributed by atoms with Crippen LogP contribution in [0.1, 0.15) is 27.0 Å². The van der Waals surface area contributed by atoms with Gasteiger partial charge in [0.1, 0.15) is 0 Å². The Labute approximate surface area is 270 Å². The van der Waals surface area contributed by atoms with Gasteiger partial charge in [0.15, 0.2) is 16.9 Å². The first kappa shape index (κ1) is 31.0. The van der Waals surface area contributed by atoms with Crippen LogP contribution in [0.15, 0.2) is 82.4 Å². The van der Waals surface area contributed by atoms with Gasteiger partial charge >= 0.3 is 5.69 Å². The molecule has 11 nitrogen and oxygen atoms in total. The van der Waals surface area contributed by atoms with Crippen molar-refractivity contribution in [3.05, 3.63) is 121 Å². The zero-order valence-corrected chi connectivity index (χ0v) is 26.6. The molecule has 0 bridgehead atoms. The van der Waals surface area contributed by atoms with E-state index < -0.39 is 11.2 Å². The number of aromatic nitrogens is 4. The van der Waals surface area contributed by atoms with Crippen LogP contribution in [0, 0.1) is 6.92 Å². The fourth-order valence-corrected chi connectivity index (χ4v) is 6.05. The number of carbonyl (C=O) groups is 2. The zero-order chi connectivity index (χ0) is 32.5. The molecule has 3 aromatic carbocycles. The maximum atomic E-state index is 13.4. The summed E-state index contributed by atoms with van der Waals surface area (Å²) in [4.78, 5) is 61.4. The molecule has 1 aliphatic heterocycles. The number of fused-ring (bicyclic) bond motifs is 1. The first-order chi connectivity index (χ1) is 22.1. The average Bonchev–Trinajstić information content (AvgIpc) is 3.43. The normalized spacial score (nSPS) is 13.7. The van der Waals surface area contributed by atoms with E-state index in [0.29, 0.717) is 71.7 Å². The summed E-state index contributed by atoms with van der Waals surface area (Å²) < 4.78 is 4.40. The summed E-state index contributed by atoms with van der Waals surface area (Å²) in [7, 11) is 3.09. The molecule has 0 spiro atoms. The standard InChI is InChI=1S/C34H34ClN7O4/c1-22-8-7-9-23(18-22)20-42-29-31(38(2)34(46)39(3)32(29)45)37-33(42)41-16-14-40(15-17-41)21-28(43)36-27-13-12-25(35)19-26(27)30(44)24-10-5-4-6-11-24/h4-13,18-19H,14-17,20-21H2,1-3H3,(H,36,43). The van der Waals surface area contributed by atoms with Gasteiger partial charge in [-0.05, 0) is 30.7 Å². The Hall–Kier alpha value is -5.00. The van der Waals surface area contributed by atoms with Crippen LogP contribution in [0.25, 0.3) is 11.2 Å². The Balaban J connectivity index is 1.20. The molecule has 12 heteroatoms. The molecule has 1 N–H and O–H groups in total. The molecular formula is C34H34ClN7O4. The van der Waals surface area contributed by atoms with Gasteiger partial charge in [-0.1, -0.05) is 71.8 Å². The van der Waals surface area contributed by atoms with Crippen molar-refractivity contribution < 1.29 is 9.59 Å². The van der Waals surface area contributed by atoms with E-state index in [1.807, 2.05) is 40.7 Å². The number of aryl methyl sites for hydroxylation is 2. The van der Waals surface area contributed by atoms with E-state index in [1.54, 1.807) is 49.5 Å². The molecule has 0 aliphatic carbocycles. The number of anilines is 2. The van der Waals surface area contributed by atoms with Crippen LogP contribution in [0.3, 0.4) is 0 Å². The van der Waals surface area contributed by atoms with Crippen molar-refractivity contribution in [1.82, 2.24) is 23.6 Å². The van der Waals surface area contributed by atoms with Gasteiger partial charge in [-0.25, -0.2) is 4.79 Å². The highest BCUT2D eigenvalue weighted by Gasteiger charge is 2.27. The molecule has 5 aromatic rings. The van der Waals surface area contributed by atoms with Crippen LogP contribution in [0.2, 0.25) is 5.02 Å². The zero-order valence-electron chi connectivity index (χ0n) is 25.9. The highest BCUT2D eigenvalue weighted by molar-refractivity contribution is 6.31. The lowest BCUT2D eigenvalue weighted by molar-refractivity contribution is -0.117. The van der Waals surface area contributed by atoms with Crippen LogP contribution in [0.5, 0.6) is 0 Å². The lowest BCUT2D eigenvalue weighted by atomic mass is 10.0. The van der Waals surface area contributed by atoms with Gasteiger partial charge < -0.3 is 10.2 Å². The van der Waals surface area contributed by atoms with Crippen molar-refractivity contribution in [2.75, 3.05) is 42.9 Å². The maximum absolute atomic E-state index is 13.4. The van der Waals surface area contributed by atoms with Gasteiger partial charge in [-0.2, -0.15) is 4.98 Å². The number of benzene rings is 3. The van der Waals surface area contributed by atoms with E-state index in [2.05, 4.69) is 16.3 Å². The quantitative estimate of drug-likeness (QED) is 0.259.